The van der Waals surface area contributed by atoms with Crippen molar-refractivity contribution in [2.45, 2.75) is 46.1 Å². The van der Waals surface area contributed by atoms with Gasteiger partial charge in [-0.2, -0.15) is 5.26 Å². The van der Waals surface area contributed by atoms with E-state index in [9.17, 15) is 0 Å². The number of hydrogen-bond acceptors (Lipinski definition) is 2. The Morgan fingerprint density at radius 3 is 2.78 bits per heavy atom. The zero-order chi connectivity index (χ0) is 12.3. The smallest absolute Gasteiger partial charge is 0.138 e. The van der Waals surface area contributed by atoms with Gasteiger partial charge in [0.1, 0.15) is 5.75 Å². The van der Waals surface area contributed by atoms with E-state index in [4.69, 9.17) is 21.6 Å². The Bertz CT molecular complexity index is 439. The van der Waals surface area contributed by atoms with E-state index in [0.29, 0.717) is 16.3 Å². The Morgan fingerprint density at radius 1 is 1.39 bits per heavy atom. The van der Waals surface area contributed by atoms with Crippen molar-refractivity contribution in [1.29, 1.82) is 5.26 Å². The molecular formula is C15H20ClNO. The fraction of sp³-hybridized carbons (Fsp3) is 0.533. The van der Waals surface area contributed by atoms with Gasteiger partial charge in [0.25, 0.3) is 0 Å². The molecule has 0 aromatic heterocycles. The van der Waals surface area contributed by atoms with E-state index in [1.54, 1.807) is 18.2 Å². The Morgan fingerprint density at radius 2 is 2.17 bits per heavy atom. The van der Waals surface area contributed by atoms with Crippen LogP contribution in [0.2, 0.25) is 5.02 Å². The molecule has 0 heterocycles. The van der Waals surface area contributed by atoms with Crippen LogP contribution < -0.4 is 4.74 Å². The highest BCUT2D eigenvalue weighted by Crippen LogP contribution is 2.31. The Kier molecular flexibility index (Phi) is 5.50. The Balaban J connectivity index is 0.00000162. The average Bonchev–Trinajstić information content (AvgIpc) is 2.32. The van der Waals surface area contributed by atoms with Crippen LogP contribution >= 0.6 is 11.6 Å². The minimum absolute atomic E-state index is 0. The lowest BCUT2D eigenvalue weighted by Gasteiger charge is -2.27. The lowest BCUT2D eigenvalue weighted by molar-refractivity contribution is 0.129. The maximum absolute atomic E-state index is 8.76. The first-order valence-corrected chi connectivity index (χ1v) is 6.43. The molecule has 0 radical (unpaired) electrons. The van der Waals surface area contributed by atoms with Crippen LogP contribution in [-0.2, 0) is 0 Å². The molecule has 1 aromatic carbocycles. The van der Waals surface area contributed by atoms with Gasteiger partial charge in [0.05, 0.1) is 22.8 Å². The highest BCUT2D eigenvalue weighted by atomic mass is 35.5. The van der Waals surface area contributed by atoms with Gasteiger partial charge < -0.3 is 4.74 Å². The van der Waals surface area contributed by atoms with Crippen molar-refractivity contribution >= 4 is 11.6 Å². The zero-order valence-electron chi connectivity index (χ0n) is 9.95. The van der Waals surface area contributed by atoms with E-state index in [-0.39, 0.29) is 13.5 Å². The number of benzene rings is 1. The Hall–Kier alpha value is -1.20. The number of rotatable bonds is 2. The van der Waals surface area contributed by atoms with Crippen molar-refractivity contribution < 1.29 is 4.74 Å². The molecule has 2 nitrogen and oxygen atoms in total. The minimum atomic E-state index is 0. The second kappa shape index (κ2) is 6.66. The largest absolute Gasteiger partial charge is 0.489 e. The van der Waals surface area contributed by atoms with Crippen LogP contribution in [0.4, 0.5) is 0 Å². The van der Waals surface area contributed by atoms with Crippen LogP contribution in [0.15, 0.2) is 18.2 Å². The second-order valence-corrected chi connectivity index (χ2v) is 5.18. The monoisotopic (exact) mass is 265 g/mol. The minimum Gasteiger partial charge on any atom is -0.489 e. The van der Waals surface area contributed by atoms with E-state index in [1.165, 1.54) is 12.8 Å². The van der Waals surface area contributed by atoms with Crippen molar-refractivity contribution in [3.63, 3.8) is 0 Å². The SMILES string of the molecule is C.C[C@@H]1CCC[C@H](Oc2ccc(C#N)cc2Cl)C1. The predicted octanol–water partition coefficient (Wildman–Crippen LogP) is 4.81. The first-order valence-electron chi connectivity index (χ1n) is 6.05. The van der Waals surface area contributed by atoms with Gasteiger partial charge in [-0.3, -0.25) is 0 Å². The van der Waals surface area contributed by atoms with Gasteiger partial charge in [-0.05, 0) is 43.4 Å². The van der Waals surface area contributed by atoms with E-state index in [2.05, 4.69) is 13.0 Å². The first kappa shape index (κ1) is 14.9. The third-order valence-electron chi connectivity index (χ3n) is 3.24. The molecule has 0 spiro atoms. The highest BCUT2D eigenvalue weighted by molar-refractivity contribution is 6.32. The van der Waals surface area contributed by atoms with Crippen molar-refractivity contribution in [1.82, 2.24) is 0 Å². The molecule has 0 bridgehead atoms. The van der Waals surface area contributed by atoms with E-state index >= 15 is 0 Å². The molecule has 1 saturated carbocycles. The van der Waals surface area contributed by atoms with Gasteiger partial charge in [0.15, 0.2) is 0 Å². The van der Waals surface area contributed by atoms with Crippen LogP contribution in [0.3, 0.4) is 0 Å². The van der Waals surface area contributed by atoms with Crippen LogP contribution in [0, 0.1) is 17.2 Å². The lowest BCUT2D eigenvalue weighted by Crippen LogP contribution is -2.24. The van der Waals surface area contributed by atoms with Crippen LogP contribution in [0.25, 0.3) is 0 Å². The molecule has 3 heteroatoms. The molecule has 0 amide bonds. The Labute approximate surface area is 115 Å². The van der Waals surface area contributed by atoms with Gasteiger partial charge in [-0.1, -0.05) is 32.4 Å². The summed E-state index contributed by atoms with van der Waals surface area (Å²) in [6.07, 6.45) is 4.97. The maximum Gasteiger partial charge on any atom is 0.138 e. The van der Waals surface area contributed by atoms with Crippen molar-refractivity contribution in [2.75, 3.05) is 0 Å². The normalized spacial score (nSPS) is 22.7. The van der Waals surface area contributed by atoms with Crippen LogP contribution in [-0.4, -0.2) is 6.10 Å². The summed E-state index contributed by atoms with van der Waals surface area (Å²) in [5, 5.41) is 9.29. The molecule has 1 aliphatic carbocycles. The highest BCUT2D eigenvalue weighted by Gasteiger charge is 2.20. The molecule has 18 heavy (non-hydrogen) atoms. The van der Waals surface area contributed by atoms with Gasteiger partial charge in [-0.25, -0.2) is 0 Å². The molecular weight excluding hydrogens is 246 g/mol. The molecule has 0 saturated heterocycles. The quantitative estimate of drug-likeness (QED) is 0.769. The maximum atomic E-state index is 8.76. The lowest BCUT2D eigenvalue weighted by atomic mass is 9.89. The van der Waals surface area contributed by atoms with E-state index in [0.717, 1.165) is 18.8 Å². The molecule has 0 unspecified atom stereocenters. The number of ether oxygens (including phenoxy) is 1. The third-order valence-corrected chi connectivity index (χ3v) is 3.54. The third kappa shape index (κ3) is 3.65. The number of hydrogen-bond donors (Lipinski definition) is 0. The van der Waals surface area contributed by atoms with Crippen LogP contribution in [0.5, 0.6) is 5.75 Å². The molecule has 2 rings (SSSR count). The summed E-state index contributed by atoms with van der Waals surface area (Å²) < 4.78 is 5.91. The summed E-state index contributed by atoms with van der Waals surface area (Å²) in [6, 6.07) is 7.26. The summed E-state index contributed by atoms with van der Waals surface area (Å²) in [4.78, 5) is 0. The average molecular weight is 266 g/mol. The molecule has 0 aliphatic heterocycles. The van der Waals surface area contributed by atoms with Gasteiger partial charge in [0.2, 0.25) is 0 Å². The second-order valence-electron chi connectivity index (χ2n) is 4.77. The molecule has 0 N–H and O–H groups in total. The molecule has 1 fully saturated rings. The summed E-state index contributed by atoms with van der Waals surface area (Å²) in [5.41, 5.74) is 0.569. The fourth-order valence-corrected chi connectivity index (χ4v) is 2.56. The van der Waals surface area contributed by atoms with Crippen molar-refractivity contribution in [2.24, 2.45) is 5.92 Å². The number of nitriles is 1. The predicted molar refractivity (Wildman–Crippen MR) is 74.9 cm³/mol. The fourth-order valence-electron chi connectivity index (χ4n) is 2.33. The molecule has 2 atom stereocenters. The molecule has 1 aromatic rings. The number of halogens is 1. The van der Waals surface area contributed by atoms with Gasteiger partial charge in [-0.15, -0.1) is 0 Å². The van der Waals surface area contributed by atoms with E-state index < -0.39 is 0 Å². The topological polar surface area (TPSA) is 33.0 Å². The summed E-state index contributed by atoms with van der Waals surface area (Å²) in [6.45, 7) is 2.26. The summed E-state index contributed by atoms with van der Waals surface area (Å²) in [5.74, 6) is 1.43. The van der Waals surface area contributed by atoms with Crippen molar-refractivity contribution in [3.05, 3.63) is 28.8 Å². The zero-order valence-corrected chi connectivity index (χ0v) is 10.7. The summed E-state index contributed by atoms with van der Waals surface area (Å²) in [7, 11) is 0. The first-order chi connectivity index (χ1) is 8.19. The standard InChI is InChI=1S/C14H16ClNO.CH4/c1-10-3-2-4-12(7-10)17-14-6-5-11(9-16)8-13(14)15;/h5-6,8,10,12H,2-4,7H2,1H3;1H4/t10-,12+;/m1./s1. The van der Waals surface area contributed by atoms with Gasteiger partial charge in [0, 0.05) is 0 Å². The van der Waals surface area contributed by atoms with E-state index in [1.807, 2.05) is 0 Å². The molecule has 1 aliphatic rings. The van der Waals surface area contributed by atoms with Gasteiger partial charge >= 0.3 is 0 Å². The van der Waals surface area contributed by atoms with Crippen molar-refractivity contribution in [3.8, 4) is 11.8 Å². The number of nitrogens with zero attached hydrogens (tertiary/aromatic N) is 1. The molecule has 98 valence electrons. The summed E-state index contributed by atoms with van der Waals surface area (Å²) >= 11 is 6.09. The van der Waals surface area contributed by atoms with Crippen LogP contribution in [0.1, 0.15) is 45.6 Å².